The Morgan fingerprint density at radius 2 is 0.962 bits per heavy atom. The van der Waals surface area contributed by atoms with Gasteiger partial charge in [0.2, 0.25) is 0 Å². The van der Waals surface area contributed by atoms with Crippen LogP contribution in [0.3, 0.4) is 0 Å². The summed E-state index contributed by atoms with van der Waals surface area (Å²) in [6.45, 7) is -1.16. The van der Waals surface area contributed by atoms with Crippen molar-refractivity contribution in [3.8, 4) is 0 Å². The van der Waals surface area contributed by atoms with Crippen molar-refractivity contribution in [2.45, 2.75) is 148 Å². The number of aliphatic hydroxyl groups excluding tert-OH is 13. The van der Waals surface area contributed by atoms with Crippen LogP contribution in [0, 0.1) is 0 Å². The minimum Gasteiger partial charge on any atom is -0.394 e. The Morgan fingerprint density at radius 3 is 1.56 bits per heavy atom. The van der Waals surface area contributed by atoms with Crippen LogP contribution in [-0.4, -0.2) is 241 Å². The molecule has 5 heterocycles. The van der Waals surface area contributed by atoms with Crippen LogP contribution < -0.4 is 0 Å². The average Bonchev–Trinajstić information content (AvgIpc) is 3.11. The third-order valence-electron chi connectivity index (χ3n) is 9.74. The van der Waals surface area contributed by atoms with Crippen molar-refractivity contribution < 1.29 is 114 Å². The summed E-state index contributed by atoms with van der Waals surface area (Å²) in [6, 6.07) is 0. The highest BCUT2D eigenvalue weighted by molar-refractivity contribution is 4.98. The van der Waals surface area contributed by atoms with Crippen molar-refractivity contribution in [2.75, 3.05) is 33.5 Å². The zero-order chi connectivity index (χ0) is 38.2. The summed E-state index contributed by atoms with van der Waals surface area (Å²) in [4.78, 5) is 0. The van der Waals surface area contributed by atoms with Gasteiger partial charge in [0, 0.05) is 7.11 Å². The standard InChI is InChI=1S/C29H50O23/c1-7-20(49-28-19(41)22(15(37)11(4-31)48-28)50-27-18(40)21(43-2)14(36)10(3-30)47-27)17(39)24(52-26-16(38)12(34)8(32)6-45-26)29(46-7)51-23-13(35)9(33)5-44-25(23)42/h7-42H,3-6H2,1-2H3/t7-,8-,9-,10-,11-,12+,13+,14-,15-,16-,17+,18-,19-,20-,21+,22+,23-,24-,25-,26+,27+,28+,29+/m1/s1. The predicted octanol–water partition coefficient (Wildman–Crippen LogP) is -8.96. The normalized spacial score (nSPS) is 53.5. The van der Waals surface area contributed by atoms with Gasteiger partial charge in [-0.1, -0.05) is 0 Å². The third-order valence-corrected chi connectivity index (χ3v) is 9.74. The summed E-state index contributed by atoms with van der Waals surface area (Å²) in [7, 11) is 1.17. The van der Waals surface area contributed by atoms with Crippen molar-refractivity contribution in [2.24, 2.45) is 0 Å². The Kier molecular flexibility index (Phi) is 14.5. The fraction of sp³-hybridized carbons (Fsp3) is 1.00. The van der Waals surface area contributed by atoms with Gasteiger partial charge in [0.1, 0.15) is 104 Å². The van der Waals surface area contributed by atoms with Gasteiger partial charge >= 0.3 is 0 Å². The molecule has 23 atom stereocenters. The van der Waals surface area contributed by atoms with Crippen LogP contribution in [-0.2, 0) is 47.4 Å². The first kappa shape index (κ1) is 42.2. The molecule has 5 fully saturated rings. The smallest absolute Gasteiger partial charge is 0.187 e. The van der Waals surface area contributed by atoms with Gasteiger partial charge in [0.15, 0.2) is 31.5 Å². The van der Waals surface area contributed by atoms with Crippen LogP contribution >= 0.6 is 0 Å². The monoisotopic (exact) mass is 766 g/mol. The van der Waals surface area contributed by atoms with E-state index in [0.717, 1.165) is 0 Å². The number of methoxy groups -OCH3 is 1. The lowest BCUT2D eigenvalue weighted by atomic mass is 9.96. The van der Waals surface area contributed by atoms with E-state index in [4.69, 9.17) is 47.4 Å². The first-order valence-corrected chi connectivity index (χ1v) is 16.7. The molecule has 0 amide bonds. The highest BCUT2D eigenvalue weighted by Crippen LogP contribution is 2.35. The summed E-state index contributed by atoms with van der Waals surface area (Å²) in [6.07, 6.45) is -38.1. The minimum absolute atomic E-state index is 0.439. The third kappa shape index (κ3) is 8.57. The molecule has 23 nitrogen and oxygen atoms in total. The average molecular weight is 767 g/mol. The Morgan fingerprint density at radius 1 is 0.462 bits per heavy atom. The molecule has 5 aliphatic rings. The predicted molar refractivity (Wildman–Crippen MR) is 158 cm³/mol. The number of rotatable bonds is 11. The first-order chi connectivity index (χ1) is 24.6. The lowest BCUT2D eigenvalue weighted by Crippen LogP contribution is -2.67. The molecule has 0 unspecified atom stereocenters. The van der Waals surface area contributed by atoms with E-state index in [9.17, 15) is 66.4 Å². The largest absolute Gasteiger partial charge is 0.394 e. The second kappa shape index (κ2) is 17.9. The maximum atomic E-state index is 11.7. The van der Waals surface area contributed by atoms with E-state index in [2.05, 4.69) is 0 Å². The number of hydrogen-bond donors (Lipinski definition) is 13. The lowest BCUT2D eigenvalue weighted by Gasteiger charge is -2.50. The number of hydrogen-bond acceptors (Lipinski definition) is 23. The Bertz CT molecular complexity index is 1110. The van der Waals surface area contributed by atoms with Gasteiger partial charge in [0.05, 0.1) is 32.5 Å². The van der Waals surface area contributed by atoms with Crippen molar-refractivity contribution >= 4 is 0 Å². The fourth-order valence-electron chi connectivity index (χ4n) is 6.65. The fourth-order valence-corrected chi connectivity index (χ4v) is 6.65. The van der Waals surface area contributed by atoms with Crippen LogP contribution in [0.5, 0.6) is 0 Å². The van der Waals surface area contributed by atoms with Crippen molar-refractivity contribution in [3.63, 3.8) is 0 Å². The van der Waals surface area contributed by atoms with E-state index >= 15 is 0 Å². The zero-order valence-corrected chi connectivity index (χ0v) is 28.0. The molecular formula is C29H50O23. The zero-order valence-electron chi connectivity index (χ0n) is 28.0. The minimum atomic E-state index is -1.96. The Balaban J connectivity index is 1.37. The van der Waals surface area contributed by atoms with Gasteiger partial charge in [0.25, 0.3) is 0 Å². The van der Waals surface area contributed by atoms with E-state index in [1.54, 1.807) is 0 Å². The summed E-state index contributed by atoms with van der Waals surface area (Å²) in [5, 5.41) is 136. The highest BCUT2D eigenvalue weighted by atomic mass is 16.8. The molecule has 5 aliphatic heterocycles. The van der Waals surface area contributed by atoms with E-state index in [-0.39, 0.29) is 0 Å². The van der Waals surface area contributed by atoms with Crippen molar-refractivity contribution in [3.05, 3.63) is 0 Å². The molecule has 0 aliphatic carbocycles. The second-order valence-corrected chi connectivity index (χ2v) is 13.2. The van der Waals surface area contributed by atoms with E-state index < -0.39 is 168 Å². The molecule has 13 N–H and O–H groups in total. The quantitative estimate of drug-likeness (QED) is 0.0928. The molecule has 0 aromatic rings. The van der Waals surface area contributed by atoms with E-state index in [1.807, 2.05) is 0 Å². The van der Waals surface area contributed by atoms with Gasteiger partial charge < -0.3 is 114 Å². The maximum Gasteiger partial charge on any atom is 0.187 e. The van der Waals surface area contributed by atoms with Crippen LogP contribution in [0.2, 0.25) is 0 Å². The molecule has 0 radical (unpaired) electrons. The SMILES string of the molecule is CO[C@@H]1[C@@H](O)[C@H](O[C@@H]2[C@@H](O)[C@H](O[C@H]3[C@H](O)[C@@H](O[C@@H]4OC[C@@H](O)[C@H](O)[C@H]4O)[C@H](O[C@@H]4[C@@H](O)[C@H](O)CO[C@H]4O)O[C@@H]3C)O[C@H](CO)[C@H]2O)O[C@H](CO)[C@H]1O. The van der Waals surface area contributed by atoms with Crippen LogP contribution in [0.25, 0.3) is 0 Å². The molecule has 0 saturated carbocycles. The molecule has 0 aromatic carbocycles. The van der Waals surface area contributed by atoms with Gasteiger partial charge in [-0.15, -0.1) is 0 Å². The number of ether oxygens (including phenoxy) is 10. The van der Waals surface area contributed by atoms with Crippen molar-refractivity contribution in [1.82, 2.24) is 0 Å². The Labute approximate surface area is 295 Å². The van der Waals surface area contributed by atoms with Crippen molar-refractivity contribution in [1.29, 1.82) is 0 Å². The lowest BCUT2D eigenvalue weighted by molar-refractivity contribution is -0.400. The topological polar surface area (TPSA) is 355 Å². The molecule has 0 bridgehead atoms. The summed E-state index contributed by atoms with van der Waals surface area (Å²) >= 11 is 0. The van der Waals surface area contributed by atoms with Crippen LogP contribution in [0.15, 0.2) is 0 Å². The van der Waals surface area contributed by atoms with Crippen LogP contribution in [0.1, 0.15) is 6.92 Å². The molecule has 52 heavy (non-hydrogen) atoms. The van der Waals surface area contributed by atoms with Gasteiger partial charge in [-0.3, -0.25) is 0 Å². The van der Waals surface area contributed by atoms with Gasteiger partial charge in [-0.25, -0.2) is 0 Å². The number of aliphatic hydroxyl groups is 13. The molecular weight excluding hydrogens is 716 g/mol. The first-order valence-electron chi connectivity index (χ1n) is 16.7. The molecule has 0 spiro atoms. The van der Waals surface area contributed by atoms with Gasteiger partial charge in [-0.2, -0.15) is 0 Å². The summed E-state index contributed by atoms with van der Waals surface area (Å²) < 4.78 is 55.5. The van der Waals surface area contributed by atoms with Gasteiger partial charge in [-0.05, 0) is 6.92 Å². The summed E-state index contributed by atoms with van der Waals surface area (Å²) in [5.74, 6) is 0. The molecule has 5 saturated heterocycles. The van der Waals surface area contributed by atoms with E-state index in [1.165, 1.54) is 14.0 Å². The second-order valence-electron chi connectivity index (χ2n) is 13.2. The highest BCUT2D eigenvalue weighted by Gasteiger charge is 2.56. The maximum absolute atomic E-state index is 11.7. The molecule has 23 heteroatoms. The Hall–Kier alpha value is -0.920. The summed E-state index contributed by atoms with van der Waals surface area (Å²) in [5.41, 5.74) is 0. The molecule has 304 valence electrons. The van der Waals surface area contributed by atoms with E-state index in [0.29, 0.717) is 0 Å². The molecule has 5 rings (SSSR count). The van der Waals surface area contributed by atoms with Crippen LogP contribution in [0.4, 0.5) is 0 Å². The molecule has 0 aromatic heterocycles.